The molecule has 0 amide bonds. The Hall–Kier alpha value is -1.17. The van der Waals surface area contributed by atoms with Crippen LogP contribution in [0.25, 0.3) is 0 Å². The largest absolute Gasteiger partial charge is 0.394 e. The van der Waals surface area contributed by atoms with Crippen LogP contribution in [0.15, 0.2) is 23.1 Å². The average Bonchev–Trinajstić information content (AvgIpc) is 2.48. The van der Waals surface area contributed by atoms with Crippen molar-refractivity contribution in [2.45, 2.75) is 24.0 Å². The Kier molecular flexibility index (Phi) is 4.86. The number of benzene rings is 1. The topological polar surface area (TPSA) is 90.6 Å². The van der Waals surface area contributed by atoms with Crippen molar-refractivity contribution in [3.8, 4) is 6.07 Å². The molecule has 2 unspecified atom stereocenters. The smallest absolute Gasteiger partial charge is 0.245 e. The van der Waals surface area contributed by atoms with E-state index in [-0.39, 0.29) is 41.3 Å². The van der Waals surface area contributed by atoms with E-state index in [0.717, 1.165) is 0 Å². The molecule has 0 aromatic heterocycles. The van der Waals surface area contributed by atoms with Crippen LogP contribution in [0.5, 0.6) is 0 Å². The zero-order valence-corrected chi connectivity index (χ0v) is 12.9. The number of nitriles is 1. The first-order chi connectivity index (χ1) is 9.90. The van der Waals surface area contributed by atoms with Crippen LogP contribution in [0.3, 0.4) is 0 Å². The second kappa shape index (κ2) is 6.30. The first kappa shape index (κ1) is 16.2. The zero-order chi connectivity index (χ0) is 15.6. The molecule has 1 aliphatic heterocycles. The van der Waals surface area contributed by atoms with E-state index in [1.165, 1.54) is 22.5 Å². The Morgan fingerprint density at radius 1 is 1.57 bits per heavy atom. The number of aliphatic hydroxyl groups is 1. The minimum atomic E-state index is -3.86. The summed E-state index contributed by atoms with van der Waals surface area (Å²) in [5.74, 6) is 0. The summed E-state index contributed by atoms with van der Waals surface area (Å²) in [6.07, 6.45) is -0.561. The van der Waals surface area contributed by atoms with Gasteiger partial charge in [-0.2, -0.15) is 9.57 Å². The lowest BCUT2D eigenvalue weighted by molar-refractivity contribution is -0.0516. The number of nitrogens with zero attached hydrogens (tertiary/aromatic N) is 2. The van der Waals surface area contributed by atoms with E-state index in [0.29, 0.717) is 0 Å². The molecule has 6 nitrogen and oxygen atoms in total. The van der Waals surface area contributed by atoms with Gasteiger partial charge in [-0.25, -0.2) is 8.42 Å². The quantitative estimate of drug-likeness (QED) is 0.892. The van der Waals surface area contributed by atoms with Crippen molar-refractivity contribution in [3.05, 3.63) is 28.8 Å². The Bertz CT molecular complexity index is 671. The number of aliphatic hydroxyl groups excluding tert-OH is 1. The van der Waals surface area contributed by atoms with Crippen LogP contribution in [0.4, 0.5) is 0 Å². The molecule has 114 valence electrons. The van der Waals surface area contributed by atoms with E-state index in [9.17, 15) is 8.42 Å². The van der Waals surface area contributed by atoms with Crippen molar-refractivity contribution < 1.29 is 18.3 Å². The van der Waals surface area contributed by atoms with Crippen molar-refractivity contribution in [2.75, 3.05) is 19.8 Å². The monoisotopic (exact) mass is 330 g/mol. The Labute approximate surface area is 128 Å². The van der Waals surface area contributed by atoms with E-state index >= 15 is 0 Å². The lowest BCUT2D eigenvalue weighted by atomic mass is 10.2. The number of rotatable bonds is 3. The number of morpholine rings is 1. The van der Waals surface area contributed by atoms with Crippen molar-refractivity contribution >= 4 is 21.6 Å². The SMILES string of the molecule is CC1COC(CO)CN1S(=O)(=O)c1cc(C#N)ccc1Cl. The van der Waals surface area contributed by atoms with E-state index in [1.54, 1.807) is 6.92 Å². The second-order valence-electron chi connectivity index (χ2n) is 4.82. The Morgan fingerprint density at radius 2 is 2.29 bits per heavy atom. The zero-order valence-electron chi connectivity index (χ0n) is 11.4. The molecule has 1 fully saturated rings. The summed E-state index contributed by atoms with van der Waals surface area (Å²) >= 11 is 5.98. The lowest BCUT2D eigenvalue weighted by Gasteiger charge is -2.36. The maximum atomic E-state index is 12.7. The summed E-state index contributed by atoms with van der Waals surface area (Å²) in [5.41, 5.74) is 0.220. The molecule has 1 heterocycles. The fraction of sp³-hybridized carbons (Fsp3) is 0.462. The molecule has 2 atom stereocenters. The molecule has 1 aliphatic rings. The summed E-state index contributed by atoms with van der Waals surface area (Å²) in [7, 11) is -3.86. The van der Waals surface area contributed by atoms with Crippen LogP contribution < -0.4 is 0 Å². The van der Waals surface area contributed by atoms with Gasteiger partial charge in [0, 0.05) is 12.6 Å². The van der Waals surface area contributed by atoms with Gasteiger partial charge in [-0.05, 0) is 25.1 Å². The van der Waals surface area contributed by atoms with Crippen molar-refractivity contribution in [3.63, 3.8) is 0 Å². The van der Waals surface area contributed by atoms with Crippen molar-refractivity contribution in [1.29, 1.82) is 5.26 Å². The molecule has 0 bridgehead atoms. The first-order valence-electron chi connectivity index (χ1n) is 6.34. The molecule has 1 aromatic rings. The minimum absolute atomic E-state index is 0.0487. The number of hydrogen-bond acceptors (Lipinski definition) is 5. The molecule has 1 N–H and O–H groups in total. The molecule has 0 aliphatic carbocycles. The molecule has 0 saturated carbocycles. The third-order valence-corrected chi connectivity index (χ3v) is 5.76. The molecule has 2 rings (SSSR count). The van der Waals surface area contributed by atoms with E-state index in [1.807, 2.05) is 6.07 Å². The molecule has 0 radical (unpaired) electrons. The predicted molar refractivity (Wildman–Crippen MR) is 76.3 cm³/mol. The van der Waals surface area contributed by atoms with Crippen LogP contribution in [-0.4, -0.2) is 49.7 Å². The molecule has 21 heavy (non-hydrogen) atoms. The molecular formula is C13H15ClN2O4S. The van der Waals surface area contributed by atoms with Crippen LogP contribution >= 0.6 is 11.6 Å². The summed E-state index contributed by atoms with van der Waals surface area (Å²) in [6, 6.07) is 5.63. The van der Waals surface area contributed by atoms with Gasteiger partial charge in [0.25, 0.3) is 0 Å². The van der Waals surface area contributed by atoms with Gasteiger partial charge in [0.1, 0.15) is 4.90 Å². The maximum absolute atomic E-state index is 12.7. The van der Waals surface area contributed by atoms with E-state index in [2.05, 4.69) is 0 Å². The summed E-state index contributed by atoms with van der Waals surface area (Å²) in [4.78, 5) is -0.103. The van der Waals surface area contributed by atoms with Gasteiger partial charge in [-0.3, -0.25) is 0 Å². The Morgan fingerprint density at radius 3 is 2.90 bits per heavy atom. The molecule has 0 spiro atoms. The summed E-state index contributed by atoms with van der Waals surface area (Å²) in [5, 5.41) is 18.1. The minimum Gasteiger partial charge on any atom is -0.394 e. The van der Waals surface area contributed by atoms with E-state index < -0.39 is 16.1 Å². The summed E-state index contributed by atoms with van der Waals surface area (Å²) in [6.45, 7) is 1.70. The van der Waals surface area contributed by atoms with Gasteiger partial charge >= 0.3 is 0 Å². The second-order valence-corrected chi connectivity index (χ2v) is 7.08. The highest BCUT2D eigenvalue weighted by atomic mass is 35.5. The number of hydrogen-bond donors (Lipinski definition) is 1. The first-order valence-corrected chi connectivity index (χ1v) is 8.16. The number of sulfonamides is 1. The fourth-order valence-corrected chi connectivity index (χ4v) is 4.28. The highest BCUT2D eigenvalue weighted by Gasteiger charge is 2.36. The Balaban J connectivity index is 2.44. The van der Waals surface area contributed by atoms with Gasteiger partial charge < -0.3 is 9.84 Å². The highest BCUT2D eigenvalue weighted by molar-refractivity contribution is 7.89. The molecule has 1 aromatic carbocycles. The number of halogens is 1. The molecule has 8 heteroatoms. The normalized spacial score (nSPS) is 23.7. The van der Waals surface area contributed by atoms with Gasteiger partial charge in [-0.15, -0.1) is 0 Å². The predicted octanol–water partition coefficient (Wildman–Crippen LogP) is 0.982. The van der Waals surface area contributed by atoms with Crippen LogP contribution in [-0.2, 0) is 14.8 Å². The molecular weight excluding hydrogens is 316 g/mol. The molecule has 1 saturated heterocycles. The number of ether oxygens (including phenoxy) is 1. The van der Waals surface area contributed by atoms with Gasteiger partial charge in [-0.1, -0.05) is 11.6 Å². The fourth-order valence-electron chi connectivity index (χ4n) is 2.13. The summed E-state index contributed by atoms with van der Waals surface area (Å²) < 4.78 is 32.1. The van der Waals surface area contributed by atoms with Crippen LogP contribution in [0.1, 0.15) is 12.5 Å². The van der Waals surface area contributed by atoms with Crippen molar-refractivity contribution in [2.24, 2.45) is 0 Å². The average molecular weight is 331 g/mol. The standard InChI is InChI=1S/C13H15ClN2O4S/c1-9-8-20-11(7-17)6-16(9)21(18,19)13-4-10(5-15)2-3-12(13)14/h2-4,9,11,17H,6-8H2,1H3. The highest BCUT2D eigenvalue weighted by Crippen LogP contribution is 2.28. The van der Waals surface area contributed by atoms with Gasteiger partial charge in [0.2, 0.25) is 10.0 Å². The van der Waals surface area contributed by atoms with Crippen LogP contribution in [0.2, 0.25) is 5.02 Å². The lowest BCUT2D eigenvalue weighted by Crippen LogP contribution is -2.51. The third-order valence-electron chi connectivity index (χ3n) is 3.30. The van der Waals surface area contributed by atoms with Crippen LogP contribution in [0, 0.1) is 11.3 Å². The third kappa shape index (κ3) is 3.20. The van der Waals surface area contributed by atoms with Gasteiger partial charge in [0.05, 0.1) is 36.0 Å². The maximum Gasteiger partial charge on any atom is 0.245 e. The van der Waals surface area contributed by atoms with E-state index in [4.69, 9.17) is 26.7 Å². The van der Waals surface area contributed by atoms with Crippen molar-refractivity contribution in [1.82, 2.24) is 4.31 Å². The van der Waals surface area contributed by atoms with Gasteiger partial charge in [0.15, 0.2) is 0 Å².